The summed E-state index contributed by atoms with van der Waals surface area (Å²) >= 11 is 0. The Morgan fingerprint density at radius 3 is 2.60 bits per heavy atom. The highest BCUT2D eigenvalue weighted by atomic mass is 16.3. The van der Waals surface area contributed by atoms with Gasteiger partial charge in [-0.05, 0) is 42.7 Å². The van der Waals surface area contributed by atoms with Gasteiger partial charge in [0.2, 0.25) is 5.91 Å². The standard InChI is InChI=1S/C21H22N2O2/c24-21(18-10-11-18)23(16-20-9-5-13-25-20)15-19-8-4-12-22(19)14-17-6-2-1-3-7-17/h1-9,12-13,18H,10-11,14-16H2. The second-order valence-electron chi connectivity index (χ2n) is 6.66. The summed E-state index contributed by atoms with van der Waals surface area (Å²) in [6, 6.07) is 18.3. The van der Waals surface area contributed by atoms with Gasteiger partial charge in [-0.15, -0.1) is 0 Å². The average Bonchev–Trinajstić information content (AvgIpc) is 3.20. The van der Waals surface area contributed by atoms with E-state index in [4.69, 9.17) is 4.42 Å². The maximum atomic E-state index is 12.7. The van der Waals surface area contributed by atoms with Crippen LogP contribution >= 0.6 is 0 Å². The van der Waals surface area contributed by atoms with Crippen molar-refractivity contribution >= 4 is 5.91 Å². The molecule has 2 aromatic heterocycles. The average molecular weight is 334 g/mol. The minimum atomic E-state index is 0.201. The molecule has 3 aromatic rings. The molecule has 1 aromatic carbocycles. The topological polar surface area (TPSA) is 38.4 Å². The number of nitrogens with zero attached hydrogens (tertiary/aromatic N) is 2. The van der Waals surface area contributed by atoms with Gasteiger partial charge in [0.25, 0.3) is 0 Å². The highest BCUT2D eigenvalue weighted by Gasteiger charge is 2.34. The first-order valence-electron chi connectivity index (χ1n) is 8.79. The molecular weight excluding hydrogens is 312 g/mol. The van der Waals surface area contributed by atoms with Crippen molar-refractivity contribution in [1.82, 2.24) is 9.47 Å². The molecule has 2 heterocycles. The molecule has 0 N–H and O–H groups in total. The lowest BCUT2D eigenvalue weighted by Crippen LogP contribution is -2.32. The summed E-state index contributed by atoms with van der Waals surface area (Å²) < 4.78 is 7.67. The van der Waals surface area contributed by atoms with E-state index in [1.165, 1.54) is 5.56 Å². The van der Waals surface area contributed by atoms with Gasteiger partial charge in [-0.1, -0.05) is 30.3 Å². The van der Waals surface area contributed by atoms with E-state index in [2.05, 4.69) is 41.1 Å². The van der Waals surface area contributed by atoms with E-state index >= 15 is 0 Å². The molecule has 0 atom stereocenters. The monoisotopic (exact) mass is 334 g/mol. The molecule has 1 aliphatic carbocycles. The maximum absolute atomic E-state index is 12.7. The zero-order valence-electron chi connectivity index (χ0n) is 14.2. The van der Waals surface area contributed by atoms with Gasteiger partial charge in [0.05, 0.1) is 19.4 Å². The lowest BCUT2D eigenvalue weighted by molar-refractivity contribution is -0.134. The second kappa shape index (κ2) is 7.01. The van der Waals surface area contributed by atoms with Crippen LogP contribution in [0.25, 0.3) is 0 Å². The van der Waals surface area contributed by atoms with Crippen LogP contribution in [0, 0.1) is 5.92 Å². The predicted octanol–water partition coefficient (Wildman–Crippen LogP) is 4.07. The number of furan rings is 1. The summed E-state index contributed by atoms with van der Waals surface area (Å²) in [5.74, 6) is 1.27. The van der Waals surface area contributed by atoms with E-state index in [1.54, 1.807) is 6.26 Å². The second-order valence-corrected chi connectivity index (χ2v) is 6.66. The van der Waals surface area contributed by atoms with Gasteiger partial charge in [0, 0.05) is 24.4 Å². The number of benzene rings is 1. The summed E-state index contributed by atoms with van der Waals surface area (Å²) in [5.41, 5.74) is 2.40. The normalized spacial score (nSPS) is 13.8. The number of rotatable bonds is 7. The lowest BCUT2D eigenvalue weighted by atomic mass is 10.2. The third-order valence-corrected chi connectivity index (χ3v) is 4.64. The summed E-state index contributed by atoms with van der Waals surface area (Å²) in [7, 11) is 0. The molecule has 0 spiro atoms. The van der Waals surface area contributed by atoms with E-state index in [-0.39, 0.29) is 11.8 Å². The molecule has 0 unspecified atom stereocenters. The fourth-order valence-corrected chi connectivity index (χ4v) is 3.11. The summed E-state index contributed by atoms with van der Waals surface area (Å²) in [6.07, 6.45) is 5.76. The van der Waals surface area contributed by atoms with Crippen LogP contribution in [-0.2, 0) is 24.4 Å². The Labute approximate surface area is 147 Å². The van der Waals surface area contributed by atoms with Crippen LogP contribution < -0.4 is 0 Å². The first-order valence-corrected chi connectivity index (χ1v) is 8.79. The number of hydrogen-bond donors (Lipinski definition) is 0. The smallest absolute Gasteiger partial charge is 0.226 e. The van der Waals surface area contributed by atoms with Crippen molar-refractivity contribution in [1.29, 1.82) is 0 Å². The van der Waals surface area contributed by atoms with Crippen molar-refractivity contribution in [2.45, 2.75) is 32.5 Å². The fourth-order valence-electron chi connectivity index (χ4n) is 3.11. The fraction of sp³-hybridized carbons (Fsp3) is 0.286. The molecule has 128 valence electrons. The molecule has 1 fully saturated rings. The van der Waals surface area contributed by atoms with Gasteiger partial charge in [0.15, 0.2) is 0 Å². The van der Waals surface area contributed by atoms with Crippen LogP contribution in [0.4, 0.5) is 0 Å². The van der Waals surface area contributed by atoms with E-state index in [9.17, 15) is 4.79 Å². The first kappa shape index (κ1) is 15.8. The molecule has 0 bridgehead atoms. The van der Waals surface area contributed by atoms with Crippen molar-refractivity contribution in [3.8, 4) is 0 Å². The quantitative estimate of drug-likeness (QED) is 0.653. The third-order valence-electron chi connectivity index (χ3n) is 4.64. The van der Waals surface area contributed by atoms with Gasteiger partial charge in [0.1, 0.15) is 5.76 Å². The van der Waals surface area contributed by atoms with Gasteiger partial charge in [-0.25, -0.2) is 0 Å². The van der Waals surface area contributed by atoms with Crippen LogP contribution in [0.2, 0.25) is 0 Å². The number of aromatic nitrogens is 1. The zero-order valence-corrected chi connectivity index (χ0v) is 14.2. The molecule has 4 nitrogen and oxygen atoms in total. The maximum Gasteiger partial charge on any atom is 0.226 e. The molecule has 1 saturated carbocycles. The van der Waals surface area contributed by atoms with E-state index < -0.39 is 0 Å². The Bertz CT molecular complexity index is 817. The lowest BCUT2D eigenvalue weighted by Gasteiger charge is -2.23. The number of hydrogen-bond acceptors (Lipinski definition) is 2. The number of carbonyl (C=O) groups is 1. The number of carbonyl (C=O) groups excluding carboxylic acids is 1. The predicted molar refractivity (Wildman–Crippen MR) is 95.7 cm³/mol. The zero-order chi connectivity index (χ0) is 17.1. The van der Waals surface area contributed by atoms with E-state index in [0.717, 1.165) is 30.8 Å². The summed E-state index contributed by atoms with van der Waals surface area (Å²) in [4.78, 5) is 14.6. The molecule has 1 amide bonds. The minimum absolute atomic E-state index is 0.201. The SMILES string of the molecule is O=C(C1CC1)N(Cc1ccco1)Cc1cccn1Cc1ccccc1. The van der Waals surface area contributed by atoms with Gasteiger partial charge < -0.3 is 13.9 Å². The summed E-state index contributed by atoms with van der Waals surface area (Å²) in [5, 5.41) is 0. The Kier molecular flexibility index (Phi) is 4.42. The summed E-state index contributed by atoms with van der Waals surface area (Å²) in [6.45, 7) is 1.95. The van der Waals surface area contributed by atoms with Crippen molar-refractivity contribution in [2.24, 2.45) is 5.92 Å². The number of amides is 1. The van der Waals surface area contributed by atoms with E-state index in [0.29, 0.717) is 13.1 Å². The van der Waals surface area contributed by atoms with Crippen molar-refractivity contribution in [2.75, 3.05) is 0 Å². The molecule has 25 heavy (non-hydrogen) atoms. The Morgan fingerprint density at radius 1 is 1.04 bits per heavy atom. The largest absolute Gasteiger partial charge is 0.467 e. The molecule has 4 heteroatoms. The Hall–Kier alpha value is -2.75. The van der Waals surface area contributed by atoms with E-state index in [1.807, 2.05) is 29.2 Å². The molecule has 0 aliphatic heterocycles. The Balaban J connectivity index is 1.51. The van der Waals surface area contributed by atoms with Crippen molar-refractivity contribution < 1.29 is 9.21 Å². The van der Waals surface area contributed by atoms with Crippen LogP contribution in [-0.4, -0.2) is 15.4 Å². The van der Waals surface area contributed by atoms with Crippen LogP contribution in [0.3, 0.4) is 0 Å². The first-order chi connectivity index (χ1) is 12.3. The highest BCUT2D eigenvalue weighted by molar-refractivity contribution is 5.81. The van der Waals surface area contributed by atoms with Gasteiger partial charge >= 0.3 is 0 Å². The van der Waals surface area contributed by atoms with Crippen LogP contribution in [0.1, 0.15) is 29.9 Å². The third kappa shape index (κ3) is 3.85. The molecular formula is C21H22N2O2. The van der Waals surface area contributed by atoms with Gasteiger partial charge in [-0.2, -0.15) is 0 Å². The minimum Gasteiger partial charge on any atom is -0.467 e. The molecule has 0 saturated heterocycles. The highest BCUT2D eigenvalue weighted by Crippen LogP contribution is 2.32. The molecule has 0 radical (unpaired) electrons. The van der Waals surface area contributed by atoms with Crippen LogP contribution in [0.15, 0.2) is 71.5 Å². The molecule has 4 rings (SSSR count). The Morgan fingerprint density at radius 2 is 1.88 bits per heavy atom. The van der Waals surface area contributed by atoms with Crippen molar-refractivity contribution in [3.63, 3.8) is 0 Å². The van der Waals surface area contributed by atoms with Crippen LogP contribution in [0.5, 0.6) is 0 Å². The van der Waals surface area contributed by atoms with Crippen molar-refractivity contribution in [3.05, 3.63) is 84.1 Å². The molecule has 1 aliphatic rings. The van der Waals surface area contributed by atoms with Gasteiger partial charge in [-0.3, -0.25) is 4.79 Å².